The lowest BCUT2D eigenvalue weighted by Crippen LogP contribution is -2.48. The number of ether oxygens (including phenoxy) is 1. The van der Waals surface area contributed by atoms with Crippen molar-refractivity contribution in [2.75, 3.05) is 26.2 Å². The highest BCUT2D eigenvalue weighted by Gasteiger charge is 2.35. The van der Waals surface area contributed by atoms with E-state index in [0.29, 0.717) is 25.6 Å². The minimum absolute atomic E-state index is 0.0215. The van der Waals surface area contributed by atoms with Gasteiger partial charge in [-0.1, -0.05) is 23.8 Å². The van der Waals surface area contributed by atoms with Gasteiger partial charge < -0.3 is 14.5 Å². The van der Waals surface area contributed by atoms with Crippen LogP contribution in [-0.2, 0) is 11.2 Å². The first-order valence-electron chi connectivity index (χ1n) is 12.1. The zero-order chi connectivity index (χ0) is 24.4. The summed E-state index contributed by atoms with van der Waals surface area (Å²) in [5.74, 6) is 0.311. The summed E-state index contributed by atoms with van der Waals surface area (Å²) < 4.78 is 19.9. The Bertz CT molecular complexity index is 1200. The molecule has 2 heterocycles. The van der Waals surface area contributed by atoms with Crippen molar-refractivity contribution in [2.45, 2.75) is 32.2 Å². The molecule has 5 rings (SSSR count). The third kappa shape index (κ3) is 5.56. The maximum atomic E-state index is 13.8. The van der Waals surface area contributed by atoms with Crippen molar-refractivity contribution in [3.05, 3.63) is 87.4 Å². The number of aryl methyl sites for hydroxylation is 1. The average Bonchev–Trinajstić information content (AvgIpc) is 3.54. The minimum atomic E-state index is -0.456. The lowest BCUT2D eigenvalue weighted by Gasteiger charge is -2.37. The van der Waals surface area contributed by atoms with Crippen LogP contribution < -0.4 is 4.74 Å². The summed E-state index contributed by atoms with van der Waals surface area (Å²) in [6.45, 7) is 3.45. The average molecular weight is 493 g/mol. The molecular formula is C28H29FN2O3S. The Kier molecular flexibility index (Phi) is 6.86. The Hall–Kier alpha value is -3.19. The van der Waals surface area contributed by atoms with Crippen LogP contribution in [-0.4, -0.2) is 47.9 Å². The largest absolute Gasteiger partial charge is 0.491 e. The maximum absolute atomic E-state index is 13.8. The molecule has 7 heteroatoms. The molecule has 1 aliphatic carbocycles. The predicted octanol–water partition coefficient (Wildman–Crippen LogP) is 5.25. The molecule has 1 atom stereocenters. The molecule has 1 saturated carbocycles. The Balaban J connectivity index is 1.34. The van der Waals surface area contributed by atoms with E-state index in [2.05, 4.69) is 11.4 Å². The monoisotopic (exact) mass is 492 g/mol. The molecule has 1 aliphatic heterocycles. The summed E-state index contributed by atoms with van der Waals surface area (Å²) in [6, 6.07) is 15.4. The van der Waals surface area contributed by atoms with Crippen LogP contribution in [0, 0.1) is 18.7 Å². The second-order valence-electron chi connectivity index (χ2n) is 9.42. The Morgan fingerprint density at radius 2 is 1.94 bits per heavy atom. The van der Waals surface area contributed by atoms with Crippen LogP contribution in [0.15, 0.2) is 60.0 Å². The van der Waals surface area contributed by atoms with Crippen LogP contribution in [0.2, 0.25) is 0 Å². The third-order valence-corrected chi connectivity index (χ3v) is 7.70. The van der Waals surface area contributed by atoms with Crippen molar-refractivity contribution in [2.24, 2.45) is 5.92 Å². The number of nitrogens with zero attached hydrogens (tertiary/aromatic N) is 2. The lowest BCUT2D eigenvalue weighted by atomic mass is 10.00. The smallest absolute Gasteiger partial charge is 0.254 e. The van der Waals surface area contributed by atoms with E-state index in [1.807, 2.05) is 36.1 Å². The normalized spacial score (nSPS) is 17.1. The summed E-state index contributed by atoms with van der Waals surface area (Å²) in [5, 5.41) is 2.06. The van der Waals surface area contributed by atoms with Gasteiger partial charge in [0, 0.05) is 23.5 Å². The SMILES string of the molecule is Cc1ccc(OC[C@H]2c3ccsc3CCN2C(=O)CN(CC2CC2)C(=O)c2cccc(F)c2)cc1. The highest BCUT2D eigenvalue weighted by Crippen LogP contribution is 2.35. The molecule has 0 spiro atoms. The second kappa shape index (κ2) is 10.2. The van der Waals surface area contributed by atoms with Crippen molar-refractivity contribution in [3.8, 4) is 5.75 Å². The van der Waals surface area contributed by atoms with Gasteiger partial charge in [-0.15, -0.1) is 11.3 Å². The van der Waals surface area contributed by atoms with E-state index in [4.69, 9.17) is 4.74 Å². The van der Waals surface area contributed by atoms with Crippen LogP contribution in [0.1, 0.15) is 45.2 Å². The molecule has 0 N–H and O–H groups in total. The number of amides is 2. The minimum Gasteiger partial charge on any atom is -0.491 e. The zero-order valence-electron chi connectivity index (χ0n) is 19.8. The third-order valence-electron chi connectivity index (χ3n) is 6.70. The Morgan fingerprint density at radius 1 is 1.14 bits per heavy atom. The fraction of sp³-hybridized carbons (Fsp3) is 0.357. The van der Waals surface area contributed by atoms with Gasteiger partial charge in [0.15, 0.2) is 0 Å². The van der Waals surface area contributed by atoms with Crippen LogP contribution in [0.4, 0.5) is 4.39 Å². The second-order valence-corrected chi connectivity index (χ2v) is 10.4. The standard InChI is InChI=1S/C28H29FN2O3S/c1-19-5-9-23(10-6-19)34-18-25-24-12-14-35-26(24)11-13-31(25)27(32)17-30(16-20-7-8-20)28(33)21-3-2-4-22(29)15-21/h2-6,9-10,12,14-15,20,25H,7-8,11,13,16-18H2,1H3/t25-/m0/s1. The summed E-state index contributed by atoms with van der Waals surface area (Å²) in [7, 11) is 0. The van der Waals surface area contributed by atoms with Gasteiger partial charge in [0.25, 0.3) is 5.91 Å². The van der Waals surface area contributed by atoms with Crippen molar-refractivity contribution in [1.29, 1.82) is 0 Å². The first-order chi connectivity index (χ1) is 17.0. The molecule has 35 heavy (non-hydrogen) atoms. The highest BCUT2D eigenvalue weighted by atomic mass is 32.1. The van der Waals surface area contributed by atoms with E-state index in [0.717, 1.165) is 36.1 Å². The molecule has 2 amide bonds. The topological polar surface area (TPSA) is 49.9 Å². The van der Waals surface area contributed by atoms with Crippen molar-refractivity contribution >= 4 is 23.2 Å². The van der Waals surface area contributed by atoms with Crippen LogP contribution in [0.25, 0.3) is 0 Å². The highest BCUT2D eigenvalue weighted by molar-refractivity contribution is 7.10. The number of hydrogen-bond acceptors (Lipinski definition) is 4. The Labute approximate surface area is 209 Å². The fourth-order valence-electron chi connectivity index (χ4n) is 4.57. The van der Waals surface area contributed by atoms with E-state index < -0.39 is 5.82 Å². The molecule has 0 unspecified atom stereocenters. The summed E-state index contributed by atoms with van der Waals surface area (Å²) in [5.41, 5.74) is 2.55. The number of fused-ring (bicyclic) bond motifs is 1. The number of carbonyl (C=O) groups is 2. The molecule has 0 radical (unpaired) electrons. The lowest BCUT2D eigenvalue weighted by molar-refractivity contribution is -0.135. The number of carbonyl (C=O) groups excluding carboxylic acids is 2. The van der Waals surface area contributed by atoms with E-state index in [-0.39, 0.29) is 30.0 Å². The van der Waals surface area contributed by atoms with Gasteiger partial charge in [0.1, 0.15) is 24.7 Å². The van der Waals surface area contributed by atoms with E-state index in [9.17, 15) is 14.0 Å². The van der Waals surface area contributed by atoms with E-state index >= 15 is 0 Å². The Morgan fingerprint density at radius 3 is 2.69 bits per heavy atom. The van der Waals surface area contributed by atoms with Gasteiger partial charge >= 0.3 is 0 Å². The first-order valence-corrected chi connectivity index (χ1v) is 13.0. The molecule has 2 aromatic carbocycles. The molecule has 0 bridgehead atoms. The van der Waals surface area contributed by atoms with Gasteiger partial charge in [-0.2, -0.15) is 0 Å². The van der Waals surface area contributed by atoms with Crippen molar-refractivity contribution < 1.29 is 18.7 Å². The molecule has 0 saturated heterocycles. The maximum Gasteiger partial charge on any atom is 0.254 e. The summed E-state index contributed by atoms with van der Waals surface area (Å²) >= 11 is 1.71. The summed E-state index contributed by atoms with van der Waals surface area (Å²) in [4.78, 5) is 31.6. The van der Waals surface area contributed by atoms with Gasteiger partial charge in [0.2, 0.25) is 5.91 Å². The first kappa shape index (κ1) is 23.5. The van der Waals surface area contributed by atoms with E-state index in [1.54, 1.807) is 22.3 Å². The predicted molar refractivity (Wildman–Crippen MR) is 134 cm³/mol. The number of halogens is 1. The molecule has 2 aliphatic rings. The van der Waals surface area contributed by atoms with Gasteiger partial charge in [-0.05, 0) is 79.4 Å². The summed E-state index contributed by atoms with van der Waals surface area (Å²) in [6.07, 6.45) is 2.90. The van der Waals surface area contributed by atoms with Crippen molar-refractivity contribution in [1.82, 2.24) is 9.80 Å². The van der Waals surface area contributed by atoms with Gasteiger partial charge in [-0.3, -0.25) is 9.59 Å². The molecule has 1 aromatic heterocycles. The van der Waals surface area contributed by atoms with Gasteiger partial charge in [-0.25, -0.2) is 4.39 Å². The quantitative estimate of drug-likeness (QED) is 0.431. The molecule has 3 aromatic rings. The number of benzene rings is 2. The molecule has 5 nitrogen and oxygen atoms in total. The molecule has 1 fully saturated rings. The fourth-order valence-corrected chi connectivity index (χ4v) is 5.50. The number of thiophene rings is 1. The van der Waals surface area contributed by atoms with Crippen LogP contribution >= 0.6 is 11.3 Å². The van der Waals surface area contributed by atoms with E-state index in [1.165, 1.54) is 23.1 Å². The zero-order valence-corrected chi connectivity index (χ0v) is 20.6. The number of hydrogen-bond donors (Lipinski definition) is 0. The van der Waals surface area contributed by atoms with Crippen LogP contribution in [0.5, 0.6) is 5.75 Å². The number of rotatable bonds is 8. The van der Waals surface area contributed by atoms with Crippen molar-refractivity contribution in [3.63, 3.8) is 0 Å². The van der Waals surface area contributed by atoms with Gasteiger partial charge in [0.05, 0.1) is 6.04 Å². The van der Waals surface area contributed by atoms with Crippen LogP contribution in [0.3, 0.4) is 0 Å². The molecular weight excluding hydrogens is 463 g/mol. The molecule has 182 valence electrons.